The van der Waals surface area contributed by atoms with Crippen molar-refractivity contribution < 1.29 is 13.9 Å². The summed E-state index contributed by atoms with van der Waals surface area (Å²) in [6.07, 6.45) is 4.92. The van der Waals surface area contributed by atoms with Crippen LogP contribution in [0.2, 0.25) is 0 Å². The van der Waals surface area contributed by atoms with Gasteiger partial charge in [0.05, 0.1) is 18.5 Å². The molecule has 0 bridgehead atoms. The average Bonchev–Trinajstić information content (AvgIpc) is 3.59. The number of hydrogen-bond acceptors (Lipinski definition) is 7. The van der Waals surface area contributed by atoms with E-state index in [2.05, 4.69) is 15.5 Å². The molecule has 30 heavy (non-hydrogen) atoms. The molecular weight excluding hydrogens is 385 g/mol. The molecule has 2 N–H and O–H groups in total. The van der Waals surface area contributed by atoms with Crippen LogP contribution < -0.4 is 25.0 Å². The van der Waals surface area contributed by atoms with E-state index in [1.165, 1.54) is 26.0 Å². The van der Waals surface area contributed by atoms with Crippen molar-refractivity contribution in [1.29, 1.82) is 0 Å². The fourth-order valence-electron chi connectivity index (χ4n) is 4.06. The third kappa shape index (κ3) is 4.14. The zero-order chi connectivity index (χ0) is 20.5. The minimum absolute atomic E-state index is 0.0174. The fourth-order valence-corrected chi connectivity index (χ4v) is 4.06. The molecule has 2 aliphatic heterocycles. The van der Waals surface area contributed by atoms with Crippen molar-refractivity contribution in [2.45, 2.75) is 50.8 Å². The number of benzene rings is 1. The topological polar surface area (TPSA) is 71.5 Å². The van der Waals surface area contributed by atoms with Crippen molar-refractivity contribution in [1.82, 2.24) is 15.3 Å². The Labute approximate surface area is 176 Å². The highest BCUT2D eigenvalue weighted by Gasteiger charge is 2.29. The van der Waals surface area contributed by atoms with Crippen molar-refractivity contribution in [3.05, 3.63) is 35.4 Å². The van der Waals surface area contributed by atoms with Gasteiger partial charge in [0, 0.05) is 57.5 Å². The molecule has 0 spiro atoms. The second-order valence-electron chi connectivity index (χ2n) is 8.24. The van der Waals surface area contributed by atoms with Gasteiger partial charge in [-0.05, 0) is 25.0 Å². The number of halogens is 1. The van der Waals surface area contributed by atoms with Crippen molar-refractivity contribution in [3.63, 3.8) is 0 Å². The molecule has 2 fully saturated rings. The molecule has 1 aromatic heterocycles. The Bertz CT molecular complexity index is 913. The number of nitrogens with one attached hydrogen (secondary N) is 2. The van der Waals surface area contributed by atoms with Gasteiger partial charge in [0.15, 0.2) is 23.2 Å². The number of rotatable bonds is 6. The molecular formula is C22H28FN5O2. The number of piperidine rings is 1. The predicted molar refractivity (Wildman–Crippen MR) is 113 cm³/mol. The minimum Gasteiger partial charge on any atom is -0.497 e. The summed E-state index contributed by atoms with van der Waals surface area (Å²) in [4.78, 5) is 12.2. The summed E-state index contributed by atoms with van der Waals surface area (Å²) in [5, 5.41) is 6.96. The van der Waals surface area contributed by atoms with Gasteiger partial charge in [0.2, 0.25) is 0 Å². The summed E-state index contributed by atoms with van der Waals surface area (Å²) in [7, 11) is 1.52. The molecule has 1 aromatic carbocycles. The van der Waals surface area contributed by atoms with Gasteiger partial charge < -0.3 is 25.0 Å². The van der Waals surface area contributed by atoms with E-state index in [1.807, 2.05) is 0 Å². The normalized spacial score (nSPS) is 19.3. The van der Waals surface area contributed by atoms with E-state index in [-0.39, 0.29) is 17.7 Å². The van der Waals surface area contributed by atoms with E-state index >= 15 is 0 Å². The van der Waals surface area contributed by atoms with Crippen LogP contribution in [-0.4, -0.2) is 48.9 Å². The molecule has 7 nitrogen and oxygen atoms in total. The first-order valence-corrected chi connectivity index (χ1v) is 10.8. The van der Waals surface area contributed by atoms with Gasteiger partial charge in [0.25, 0.3) is 0 Å². The minimum atomic E-state index is -0.388. The lowest BCUT2D eigenvalue weighted by molar-refractivity contribution is 0.163. The van der Waals surface area contributed by atoms with Gasteiger partial charge >= 0.3 is 0 Å². The van der Waals surface area contributed by atoms with Crippen molar-refractivity contribution >= 4 is 11.6 Å². The summed E-state index contributed by atoms with van der Waals surface area (Å²) in [6, 6.07) is 5.24. The number of nitrogens with zero attached hydrogens (tertiary/aromatic N) is 3. The monoisotopic (exact) mass is 413 g/mol. The molecule has 1 aliphatic carbocycles. The lowest BCUT2D eigenvalue weighted by Gasteiger charge is -2.34. The van der Waals surface area contributed by atoms with Crippen LogP contribution in [0, 0.1) is 5.82 Å². The smallest absolute Gasteiger partial charge is 0.172 e. The molecule has 1 saturated carbocycles. The fraction of sp³-hybridized carbons (Fsp3) is 0.545. The first-order chi connectivity index (χ1) is 14.7. The van der Waals surface area contributed by atoms with Gasteiger partial charge in [-0.25, -0.2) is 14.4 Å². The Balaban J connectivity index is 1.28. The van der Waals surface area contributed by atoms with Crippen LogP contribution in [0.4, 0.5) is 16.0 Å². The quantitative estimate of drug-likeness (QED) is 0.755. The van der Waals surface area contributed by atoms with Crippen LogP contribution in [0.1, 0.15) is 37.1 Å². The molecule has 2 aromatic rings. The van der Waals surface area contributed by atoms with Crippen LogP contribution in [-0.2, 0) is 13.0 Å². The first-order valence-electron chi connectivity index (χ1n) is 10.8. The SMILES string of the molecule is COc1ccc(OC2CCN(c3nc4c(nc3NC3CC3)CCNC4)CC2)c(F)c1. The number of methoxy groups -OCH3 is 1. The van der Waals surface area contributed by atoms with Crippen molar-refractivity contribution in [2.75, 3.05) is 37.0 Å². The highest BCUT2D eigenvalue weighted by atomic mass is 19.1. The molecule has 160 valence electrons. The van der Waals surface area contributed by atoms with E-state index in [9.17, 15) is 4.39 Å². The first kappa shape index (κ1) is 19.4. The average molecular weight is 413 g/mol. The Morgan fingerprint density at radius 1 is 1.13 bits per heavy atom. The van der Waals surface area contributed by atoms with Crippen molar-refractivity contribution in [2.24, 2.45) is 0 Å². The number of ether oxygens (including phenoxy) is 2. The van der Waals surface area contributed by atoms with Crippen LogP contribution in [0.15, 0.2) is 18.2 Å². The molecule has 0 unspecified atom stereocenters. The summed E-state index contributed by atoms with van der Waals surface area (Å²) in [5.41, 5.74) is 2.16. The second kappa shape index (κ2) is 8.26. The zero-order valence-electron chi connectivity index (χ0n) is 17.3. The summed E-state index contributed by atoms with van der Waals surface area (Å²) >= 11 is 0. The molecule has 5 rings (SSSR count). The molecule has 0 atom stereocenters. The second-order valence-corrected chi connectivity index (χ2v) is 8.24. The molecule has 0 radical (unpaired) electrons. The predicted octanol–water partition coefficient (Wildman–Crippen LogP) is 2.89. The Morgan fingerprint density at radius 2 is 1.97 bits per heavy atom. The highest BCUT2D eigenvalue weighted by molar-refractivity contribution is 5.63. The van der Waals surface area contributed by atoms with Crippen LogP contribution >= 0.6 is 0 Å². The van der Waals surface area contributed by atoms with E-state index in [4.69, 9.17) is 19.4 Å². The molecule has 3 heterocycles. The van der Waals surface area contributed by atoms with Crippen molar-refractivity contribution in [3.8, 4) is 11.5 Å². The maximum Gasteiger partial charge on any atom is 0.172 e. The zero-order valence-corrected chi connectivity index (χ0v) is 17.3. The molecule has 8 heteroatoms. The van der Waals surface area contributed by atoms with Gasteiger partial charge in [-0.15, -0.1) is 0 Å². The standard InChI is InChI=1S/C22H28FN5O2/c1-29-16-4-5-20(17(23)12-16)30-15-7-10-28(11-8-15)22-21(25-14-2-3-14)26-18-6-9-24-13-19(18)27-22/h4-5,12,14-15,24H,2-3,6-11,13H2,1H3,(H,25,26). The number of anilines is 2. The molecule has 0 amide bonds. The van der Waals surface area contributed by atoms with Gasteiger partial charge in [-0.3, -0.25) is 0 Å². The Hall–Kier alpha value is -2.61. The number of fused-ring (bicyclic) bond motifs is 1. The highest BCUT2D eigenvalue weighted by Crippen LogP contribution is 2.33. The van der Waals surface area contributed by atoms with Crippen LogP contribution in [0.5, 0.6) is 11.5 Å². The largest absolute Gasteiger partial charge is 0.497 e. The third-order valence-corrected chi connectivity index (χ3v) is 5.96. The molecule has 1 saturated heterocycles. The number of hydrogen-bond donors (Lipinski definition) is 2. The van der Waals surface area contributed by atoms with Gasteiger partial charge in [-0.1, -0.05) is 0 Å². The summed E-state index contributed by atoms with van der Waals surface area (Å²) < 4.78 is 25.2. The van der Waals surface area contributed by atoms with E-state index in [0.29, 0.717) is 11.8 Å². The van der Waals surface area contributed by atoms with E-state index in [1.54, 1.807) is 12.1 Å². The molecule has 3 aliphatic rings. The Kier molecular flexibility index (Phi) is 5.33. The van der Waals surface area contributed by atoms with E-state index in [0.717, 1.165) is 68.5 Å². The third-order valence-electron chi connectivity index (χ3n) is 5.96. The summed E-state index contributed by atoms with van der Waals surface area (Å²) in [6.45, 7) is 3.34. The summed E-state index contributed by atoms with van der Waals surface area (Å²) in [5.74, 6) is 2.24. The van der Waals surface area contributed by atoms with E-state index < -0.39 is 0 Å². The lowest BCUT2D eigenvalue weighted by atomic mass is 10.1. The van der Waals surface area contributed by atoms with Gasteiger partial charge in [-0.2, -0.15) is 0 Å². The Morgan fingerprint density at radius 3 is 2.70 bits per heavy atom. The van der Waals surface area contributed by atoms with Crippen LogP contribution in [0.25, 0.3) is 0 Å². The van der Waals surface area contributed by atoms with Gasteiger partial charge in [0.1, 0.15) is 11.9 Å². The lowest BCUT2D eigenvalue weighted by Crippen LogP contribution is -2.40. The van der Waals surface area contributed by atoms with Crippen LogP contribution in [0.3, 0.4) is 0 Å². The number of aromatic nitrogens is 2. The maximum absolute atomic E-state index is 14.2. The maximum atomic E-state index is 14.2.